The highest BCUT2D eigenvalue weighted by atomic mass is 35.5. The molecule has 0 saturated carbocycles. The predicted molar refractivity (Wildman–Crippen MR) is 61.4 cm³/mol. The monoisotopic (exact) mass is 262 g/mol. The molecule has 2 nitrogen and oxygen atoms in total. The first-order valence-corrected chi connectivity index (χ1v) is 5.65. The van der Waals surface area contributed by atoms with Gasteiger partial charge >= 0.3 is 5.97 Å². The summed E-state index contributed by atoms with van der Waals surface area (Å²) in [6, 6.07) is 4.55. The van der Waals surface area contributed by atoms with Crippen molar-refractivity contribution in [3.8, 4) is 0 Å². The van der Waals surface area contributed by atoms with Gasteiger partial charge in [-0.15, -0.1) is 0 Å². The van der Waals surface area contributed by atoms with Crippen molar-refractivity contribution in [1.29, 1.82) is 0 Å². The van der Waals surface area contributed by atoms with Crippen molar-refractivity contribution in [1.82, 2.24) is 0 Å². The Kier molecular flexibility index (Phi) is 5.35. The normalized spacial score (nSPS) is 10.6. The quantitative estimate of drug-likeness (QED) is 0.755. The first-order chi connectivity index (χ1) is 8.06. The number of hydrogen-bond acceptors (Lipinski definition) is 2. The highest BCUT2D eigenvalue weighted by Gasteiger charge is 2.17. The molecule has 1 aromatic carbocycles. The first-order valence-electron chi connectivity index (χ1n) is 5.27. The van der Waals surface area contributed by atoms with Gasteiger partial charge in [0, 0.05) is 17.0 Å². The summed E-state index contributed by atoms with van der Waals surface area (Å²) < 4.78 is 30.3. The number of aryl methyl sites for hydroxylation is 1. The van der Waals surface area contributed by atoms with E-state index in [1.54, 1.807) is 19.1 Å². The largest absolute Gasteiger partial charge is 0.466 e. The Bertz CT molecular complexity index is 394. The maximum absolute atomic E-state index is 12.8. The number of esters is 1. The van der Waals surface area contributed by atoms with Crippen LogP contribution in [0.1, 0.15) is 30.9 Å². The minimum atomic E-state index is -2.64. The fraction of sp³-hybridized carbons (Fsp3) is 0.417. The zero-order valence-corrected chi connectivity index (χ0v) is 10.1. The highest BCUT2D eigenvalue weighted by molar-refractivity contribution is 6.31. The first kappa shape index (κ1) is 13.9. The van der Waals surface area contributed by atoms with Crippen LogP contribution in [-0.4, -0.2) is 12.6 Å². The summed E-state index contributed by atoms with van der Waals surface area (Å²) in [6.07, 6.45) is -2.35. The molecular formula is C12H13ClF2O2. The molecule has 0 bridgehead atoms. The molecule has 0 aromatic heterocycles. The van der Waals surface area contributed by atoms with Gasteiger partial charge in [-0.1, -0.05) is 23.7 Å². The van der Waals surface area contributed by atoms with E-state index < -0.39 is 12.4 Å². The number of carbonyl (C=O) groups excluding carboxylic acids is 1. The van der Waals surface area contributed by atoms with E-state index in [2.05, 4.69) is 0 Å². The molecule has 0 saturated heterocycles. The third-order valence-electron chi connectivity index (χ3n) is 2.27. The summed E-state index contributed by atoms with van der Waals surface area (Å²) in [5.74, 6) is -0.396. The second-order valence-electron chi connectivity index (χ2n) is 3.42. The summed E-state index contributed by atoms with van der Waals surface area (Å²) in [6.45, 7) is 1.98. The van der Waals surface area contributed by atoms with Crippen molar-refractivity contribution in [2.45, 2.75) is 26.2 Å². The number of carbonyl (C=O) groups is 1. The topological polar surface area (TPSA) is 26.3 Å². The van der Waals surface area contributed by atoms with Crippen LogP contribution in [0.4, 0.5) is 8.78 Å². The Morgan fingerprint density at radius 1 is 1.47 bits per heavy atom. The average Bonchev–Trinajstić information content (AvgIpc) is 2.26. The molecule has 0 unspecified atom stereocenters. The van der Waals surface area contributed by atoms with Crippen molar-refractivity contribution >= 4 is 17.6 Å². The molecule has 0 fully saturated rings. The molecule has 0 heterocycles. The van der Waals surface area contributed by atoms with Crippen LogP contribution in [0, 0.1) is 0 Å². The molecule has 0 aliphatic rings. The summed E-state index contributed by atoms with van der Waals surface area (Å²) >= 11 is 5.70. The fourth-order valence-electron chi connectivity index (χ4n) is 1.51. The maximum Gasteiger partial charge on any atom is 0.306 e. The molecule has 0 spiro atoms. The number of benzene rings is 1. The van der Waals surface area contributed by atoms with Crippen LogP contribution >= 0.6 is 11.6 Å². The second kappa shape index (κ2) is 6.55. The van der Waals surface area contributed by atoms with Gasteiger partial charge in [-0.05, 0) is 25.0 Å². The van der Waals surface area contributed by atoms with Crippen molar-refractivity contribution in [2.24, 2.45) is 0 Å². The van der Waals surface area contributed by atoms with Crippen LogP contribution in [0.25, 0.3) is 0 Å². The SMILES string of the molecule is CCOC(=O)CCc1cccc(Cl)c1C(F)F. The maximum atomic E-state index is 12.8. The molecule has 0 aliphatic carbocycles. The van der Waals surface area contributed by atoms with Crippen LogP contribution in [0.2, 0.25) is 5.02 Å². The third kappa shape index (κ3) is 3.97. The number of alkyl halides is 2. The van der Waals surface area contributed by atoms with Crippen molar-refractivity contribution in [3.63, 3.8) is 0 Å². The zero-order valence-electron chi connectivity index (χ0n) is 9.38. The van der Waals surface area contributed by atoms with Crippen molar-refractivity contribution < 1.29 is 18.3 Å². The van der Waals surface area contributed by atoms with Crippen LogP contribution in [0.3, 0.4) is 0 Å². The van der Waals surface area contributed by atoms with E-state index in [0.717, 1.165) is 0 Å². The van der Waals surface area contributed by atoms with E-state index in [1.165, 1.54) is 6.07 Å². The van der Waals surface area contributed by atoms with Crippen LogP contribution in [0.5, 0.6) is 0 Å². The number of halogens is 3. The number of hydrogen-bond donors (Lipinski definition) is 0. The molecule has 1 aromatic rings. The van der Waals surface area contributed by atoms with Crippen molar-refractivity contribution in [2.75, 3.05) is 6.61 Å². The Labute approximate surface area is 104 Å². The number of ether oxygens (including phenoxy) is 1. The van der Waals surface area contributed by atoms with Gasteiger partial charge < -0.3 is 4.74 Å². The van der Waals surface area contributed by atoms with Crippen molar-refractivity contribution in [3.05, 3.63) is 34.3 Å². The van der Waals surface area contributed by atoms with Crippen LogP contribution in [0.15, 0.2) is 18.2 Å². The van der Waals surface area contributed by atoms with E-state index in [0.29, 0.717) is 5.56 Å². The van der Waals surface area contributed by atoms with E-state index >= 15 is 0 Å². The lowest BCUT2D eigenvalue weighted by Crippen LogP contribution is -2.06. The minimum absolute atomic E-state index is 0.0290. The van der Waals surface area contributed by atoms with Gasteiger partial charge in [-0.25, -0.2) is 8.78 Å². The van der Waals surface area contributed by atoms with Gasteiger partial charge in [0.1, 0.15) is 0 Å². The lowest BCUT2D eigenvalue weighted by atomic mass is 10.0. The molecule has 17 heavy (non-hydrogen) atoms. The summed E-state index contributed by atoms with van der Waals surface area (Å²) in [5, 5.41) is 0.0290. The molecule has 0 atom stereocenters. The van der Waals surface area contributed by atoms with Gasteiger partial charge in [-0.2, -0.15) is 0 Å². The lowest BCUT2D eigenvalue weighted by Gasteiger charge is -2.10. The zero-order chi connectivity index (χ0) is 12.8. The van der Waals surface area contributed by atoms with E-state index in [1.807, 2.05) is 0 Å². The van der Waals surface area contributed by atoms with E-state index in [9.17, 15) is 13.6 Å². The second-order valence-corrected chi connectivity index (χ2v) is 3.83. The van der Waals surface area contributed by atoms with Gasteiger partial charge in [0.2, 0.25) is 0 Å². The molecule has 0 radical (unpaired) electrons. The molecular weight excluding hydrogens is 250 g/mol. The van der Waals surface area contributed by atoms with Crippen LogP contribution in [-0.2, 0) is 16.0 Å². The molecule has 1 rings (SSSR count). The molecule has 94 valence electrons. The molecule has 0 amide bonds. The summed E-state index contributed by atoms with van der Waals surface area (Å²) in [4.78, 5) is 11.1. The van der Waals surface area contributed by atoms with Gasteiger partial charge in [0.15, 0.2) is 0 Å². The molecule has 0 N–H and O–H groups in total. The molecule has 0 aliphatic heterocycles. The minimum Gasteiger partial charge on any atom is -0.466 e. The Balaban J connectivity index is 2.77. The summed E-state index contributed by atoms with van der Waals surface area (Å²) in [7, 11) is 0. The third-order valence-corrected chi connectivity index (χ3v) is 2.59. The fourth-order valence-corrected chi connectivity index (χ4v) is 1.79. The average molecular weight is 263 g/mol. The Morgan fingerprint density at radius 2 is 2.18 bits per heavy atom. The Morgan fingerprint density at radius 3 is 2.76 bits per heavy atom. The highest BCUT2D eigenvalue weighted by Crippen LogP contribution is 2.30. The van der Waals surface area contributed by atoms with E-state index in [-0.39, 0.29) is 30.0 Å². The van der Waals surface area contributed by atoms with Gasteiger partial charge in [-0.3, -0.25) is 4.79 Å². The van der Waals surface area contributed by atoms with Crippen LogP contribution < -0.4 is 0 Å². The molecule has 5 heteroatoms. The van der Waals surface area contributed by atoms with Gasteiger partial charge in [0.05, 0.1) is 6.61 Å². The predicted octanol–water partition coefficient (Wildman–Crippen LogP) is 3.77. The smallest absolute Gasteiger partial charge is 0.306 e. The lowest BCUT2D eigenvalue weighted by molar-refractivity contribution is -0.143. The number of rotatable bonds is 5. The van der Waals surface area contributed by atoms with E-state index in [4.69, 9.17) is 16.3 Å². The Hall–Kier alpha value is -1.16. The summed E-state index contributed by atoms with van der Waals surface area (Å²) in [5.41, 5.74) is 0.194. The van der Waals surface area contributed by atoms with Gasteiger partial charge in [0.25, 0.3) is 6.43 Å². The standard InChI is InChI=1S/C12H13ClF2O2/c1-2-17-10(16)7-6-8-4-3-5-9(13)11(8)12(14)15/h3-5,12H,2,6-7H2,1H3.